The van der Waals surface area contributed by atoms with Crippen molar-refractivity contribution in [3.8, 4) is 0 Å². The zero-order valence-electron chi connectivity index (χ0n) is 18.2. The Labute approximate surface area is 176 Å². The molecule has 1 saturated carbocycles. The van der Waals surface area contributed by atoms with Crippen molar-refractivity contribution >= 4 is 11.8 Å². The van der Waals surface area contributed by atoms with Gasteiger partial charge in [0.05, 0.1) is 0 Å². The first kappa shape index (κ1) is 21.9. The summed E-state index contributed by atoms with van der Waals surface area (Å²) in [6.07, 6.45) is 11.3. The normalized spacial score (nSPS) is 21.5. The van der Waals surface area contributed by atoms with Gasteiger partial charge in [-0.25, -0.2) is 0 Å². The van der Waals surface area contributed by atoms with Crippen LogP contribution in [0.3, 0.4) is 0 Å². The molecule has 4 nitrogen and oxygen atoms in total. The molecular weight excluding hydrogens is 360 g/mol. The third-order valence-corrected chi connectivity index (χ3v) is 6.70. The van der Waals surface area contributed by atoms with Gasteiger partial charge in [-0.3, -0.25) is 9.59 Å². The fourth-order valence-corrected chi connectivity index (χ4v) is 5.07. The number of likely N-dealkylation sites (tertiary alicyclic amines) is 1. The number of hydrogen-bond donors (Lipinski definition) is 0. The number of nitrogens with zero attached hydrogens (tertiary/aromatic N) is 2. The van der Waals surface area contributed by atoms with Gasteiger partial charge in [-0.15, -0.1) is 0 Å². The van der Waals surface area contributed by atoms with E-state index in [9.17, 15) is 9.59 Å². The summed E-state index contributed by atoms with van der Waals surface area (Å²) in [5.41, 5.74) is 1.17. The molecular formula is C25H38N2O2. The number of fused-ring (bicyclic) bond motifs is 1. The van der Waals surface area contributed by atoms with Gasteiger partial charge in [-0.1, -0.05) is 56.5 Å². The van der Waals surface area contributed by atoms with Gasteiger partial charge in [0.25, 0.3) is 0 Å². The monoisotopic (exact) mass is 398 g/mol. The highest BCUT2D eigenvalue weighted by molar-refractivity contribution is 5.79. The smallest absolute Gasteiger partial charge is 0.222 e. The fraction of sp³-hybridized carbons (Fsp3) is 0.680. The van der Waals surface area contributed by atoms with E-state index in [1.54, 1.807) is 0 Å². The van der Waals surface area contributed by atoms with E-state index >= 15 is 0 Å². The lowest BCUT2D eigenvalue weighted by Crippen LogP contribution is -2.49. The second-order valence-electron chi connectivity index (χ2n) is 8.85. The Kier molecular flexibility index (Phi) is 8.57. The van der Waals surface area contributed by atoms with Crippen LogP contribution in [0.2, 0.25) is 0 Å². The van der Waals surface area contributed by atoms with Gasteiger partial charge in [-0.05, 0) is 50.0 Å². The topological polar surface area (TPSA) is 40.6 Å². The molecule has 29 heavy (non-hydrogen) atoms. The predicted molar refractivity (Wildman–Crippen MR) is 117 cm³/mol. The number of benzene rings is 1. The maximum Gasteiger partial charge on any atom is 0.222 e. The van der Waals surface area contributed by atoms with Crippen LogP contribution in [-0.4, -0.2) is 40.7 Å². The largest absolute Gasteiger partial charge is 0.339 e. The number of hydrogen-bond acceptors (Lipinski definition) is 2. The molecule has 2 amide bonds. The molecule has 1 saturated heterocycles. The van der Waals surface area contributed by atoms with Crippen LogP contribution in [0.5, 0.6) is 0 Å². The Bertz CT molecular complexity index is 643. The van der Waals surface area contributed by atoms with Gasteiger partial charge in [-0.2, -0.15) is 0 Å². The summed E-state index contributed by atoms with van der Waals surface area (Å²) < 4.78 is 0. The van der Waals surface area contributed by atoms with E-state index in [1.165, 1.54) is 37.7 Å². The summed E-state index contributed by atoms with van der Waals surface area (Å²) in [4.78, 5) is 29.8. The number of rotatable bonds is 9. The molecule has 2 fully saturated rings. The van der Waals surface area contributed by atoms with Crippen LogP contribution >= 0.6 is 0 Å². The fourth-order valence-electron chi connectivity index (χ4n) is 5.07. The molecule has 160 valence electrons. The van der Waals surface area contributed by atoms with E-state index in [-0.39, 0.29) is 11.8 Å². The molecule has 4 heteroatoms. The summed E-state index contributed by atoms with van der Waals surface area (Å²) in [5.74, 6) is 1.18. The summed E-state index contributed by atoms with van der Waals surface area (Å²) >= 11 is 0. The molecule has 0 aromatic heterocycles. The number of piperidine rings is 1. The minimum absolute atomic E-state index is 0.185. The molecule has 0 bridgehead atoms. The van der Waals surface area contributed by atoms with Crippen molar-refractivity contribution in [1.82, 2.24) is 9.80 Å². The van der Waals surface area contributed by atoms with Gasteiger partial charge in [0.15, 0.2) is 0 Å². The van der Waals surface area contributed by atoms with Crippen molar-refractivity contribution < 1.29 is 9.59 Å². The van der Waals surface area contributed by atoms with E-state index in [0.29, 0.717) is 31.8 Å². The van der Waals surface area contributed by atoms with Crippen LogP contribution in [0.15, 0.2) is 30.3 Å². The van der Waals surface area contributed by atoms with Crippen LogP contribution in [0, 0.1) is 5.92 Å². The van der Waals surface area contributed by atoms with Crippen molar-refractivity contribution in [2.24, 2.45) is 5.92 Å². The van der Waals surface area contributed by atoms with Crippen molar-refractivity contribution in [1.29, 1.82) is 0 Å². The maximum absolute atomic E-state index is 12.9. The number of amides is 2. The Hall–Kier alpha value is -1.84. The van der Waals surface area contributed by atoms with Crippen LogP contribution in [-0.2, 0) is 16.1 Å². The molecule has 1 aliphatic carbocycles. The highest BCUT2D eigenvalue weighted by Gasteiger charge is 2.35. The standard InChI is InChI=1S/C25H38N2O2/c1-2-3-18-26(20-21-11-5-4-6-12-21)24(28)16-9-17-25(29)27-19-10-14-22-13-7-8-15-23(22)27/h4-6,11-12,22-23H,2-3,7-10,13-20H2,1H3. The predicted octanol–water partition coefficient (Wildman–Crippen LogP) is 5.17. The highest BCUT2D eigenvalue weighted by atomic mass is 16.2. The zero-order valence-corrected chi connectivity index (χ0v) is 18.2. The average molecular weight is 399 g/mol. The molecule has 0 radical (unpaired) electrons. The Balaban J connectivity index is 1.48. The third-order valence-electron chi connectivity index (χ3n) is 6.70. The lowest BCUT2D eigenvalue weighted by atomic mass is 9.78. The summed E-state index contributed by atoms with van der Waals surface area (Å²) in [7, 11) is 0. The molecule has 2 aliphatic rings. The third kappa shape index (κ3) is 6.32. The second-order valence-corrected chi connectivity index (χ2v) is 8.85. The van der Waals surface area contributed by atoms with Gasteiger partial charge in [0.1, 0.15) is 0 Å². The second kappa shape index (κ2) is 11.4. The summed E-state index contributed by atoms with van der Waals surface area (Å²) in [6, 6.07) is 10.7. The number of unbranched alkanes of at least 4 members (excludes halogenated alkanes) is 1. The lowest BCUT2D eigenvalue weighted by molar-refractivity contribution is -0.138. The molecule has 0 N–H and O–H groups in total. The highest BCUT2D eigenvalue weighted by Crippen LogP contribution is 2.35. The van der Waals surface area contributed by atoms with E-state index < -0.39 is 0 Å². The maximum atomic E-state index is 12.9. The molecule has 0 spiro atoms. The Morgan fingerprint density at radius 2 is 1.76 bits per heavy atom. The van der Waals surface area contributed by atoms with Gasteiger partial charge in [0.2, 0.25) is 11.8 Å². The minimum atomic E-state index is 0.185. The molecule has 1 aromatic carbocycles. The first-order valence-corrected chi connectivity index (χ1v) is 11.8. The first-order chi connectivity index (χ1) is 14.2. The van der Waals surface area contributed by atoms with E-state index in [2.05, 4.69) is 24.0 Å². The Morgan fingerprint density at radius 1 is 1.00 bits per heavy atom. The van der Waals surface area contributed by atoms with E-state index in [1.807, 2.05) is 23.1 Å². The molecule has 1 aliphatic heterocycles. The zero-order chi connectivity index (χ0) is 20.5. The summed E-state index contributed by atoms with van der Waals surface area (Å²) in [5, 5.41) is 0. The molecule has 2 unspecified atom stereocenters. The van der Waals surface area contributed by atoms with Crippen LogP contribution < -0.4 is 0 Å². The van der Waals surface area contributed by atoms with Crippen molar-refractivity contribution in [2.75, 3.05) is 13.1 Å². The van der Waals surface area contributed by atoms with Gasteiger partial charge < -0.3 is 9.80 Å². The van der Waals surface area contributed by atoms with E-state index in [0.717, 1.165) is 38.3 Å². The number of carbonyl (C=O) groups excluding carboxylic acids is 2. The minimum Gasteiger partial charge on any atom is -0.339 e. The van der Waals surface area contributed by atoms with Crippen molar-refractivity contribution in [2.45, 2.75) is 90.1 Å². The number of carbonyl (C=O) groups is 2. The lowest BCUT2D eigenvalue weighted by Gasteiger charge is -2.44. The van der Waals surface area contributed by atoms with Crippen LogP contribution in [0.25, 0.3) is 0 Å². The molecule has 1 heterocycles. The van der Waals surface area contributed by atoms with E-state index in [4.69, 9.17) is 0 Å². The summed E-state index contributed by atoms with van der Waals surface area (Å²) in [6.45, 7) is 4.54. The molecule has 3 rings (SSSR count). The van der Waals surface area contributed by atoms with Crippen molar-refractivity contribution in [3.63, 3.8) is 0 Å². The average Bonchev–Trinajstić information content (AvgIpc) is 2.76. The Morgan fingerprint density at radius 3 is 2.55 bits per heavy atom. The SMILES string of the molecule is CCCCN(Cc1ccccc1)C(=O)CCCC(=O)N1CCCC2CCCCC21. The molecule has 2 atom stereocenters. The van der Waals surface area contributed by atoms with Crippen LogP contribution in [0.1, 0.15) is 83.1 Å². The van der Waals surface area contributed by atoms with Crippen LogP contribution in [0.4, 0.5) is 0 Å². The van der Waals surface area contributed by atoms with Gasteiger partial charge in [0, 0.05) is 38.5 Å². The first-order valence-electron chi connectivity index (χ1n) is 11.8. The van der Waals surface area contributed by atoms with Crippen molar-refractivity contribution in [3.05, 3.63) is 35.9 Å². The quantitative estimate of drug-likeness (QED) is 0.576. The van der Waals surface area contributed by atoms with Gasteiger partial charge >= 0.3 is 0 Å². The molecule has 1 aromatic rings.